The van der Waals surface area contributed by atoms with Crippen LogP contribution >= 0.6 is 0 Å². The monoisotopic (exact) mass is 383 g/mol. The molecule has 0 aliphatic carbocycles. The molecule has 0 aliphatic heterocycles. The van der Waals surface area contributed by atoms with E-state index in [0.29, 0.717) is 17.0 Å². The molecule has 3 aromatic heterocycles. The third kappa shape index (κ3) is 3.62. The summed E-state index contributed by atoms with van der Waals surface area (Å²) in [6.07, 6.45) is 2.23. The number of aromatic amines is 1. The van der Waals surface area contributed by atoms with E-state index in [9.17, 15) is 9.59 Å². The second-order valence-corrected chi connectivity index (χ2v) is 7.25. The lowest BCUT2D eigenvalue weighted by molar-refractivity contribution is 0.0526. The van der Waals surface area contributed by atoms with Gasteiger partial charge in [0.2, 0.25) is 5.69 Å². The summed E-state index contributed by atoms with van der Waals surface area (Å²) in [5, 5.41) is 2.66. The molecular formula is C19H21N5O4. The van der Waals surface area contributed by atoms with E-state index in [1.54, 1.807) is 31.4 Å². The molecule has 0 radical (unpaired) electrons. The summed E-state index contributed by atoms with van der Waals surface area (Å²) in [6, 6.07) is 1.78. The van der Waals surface area contributed by atoms with Crippen molar-refractivity contribution >= 4 is 22.8 Å². The number of ether oxygens (including phenoxy) is 1. The van der Waals surface area contributed by atoms with Gasteiger partial charge in [0.15, 0.2) is 0 Å². The van der Waals surface area contributed by atoms with E-state index in [4.69, 9.17) is 15.7 Å². The Balaban J connectivity index is 2.04. The maximum absolute atomic E-state index is 12.5. The van der Waals surface area contributed by atoms with Crippen LogP contribution < -0.4 is 10.9 Å². The summed E-state index contributed by atoms with van der Waals surface area (Å²) in [5.74, 6) is 0.487. The molecule has 3 aromatic rings. The van der Waals surface area contributed by atoms with Crippen molar-refractivity contribution in [3.8, 4) is 11.5 Å². The molecule has 9 nitrogen and oxygen atoms in total. The first kappa shape index (κ1) is 19.2. The minimum Gasteiger partial charge on any atom is -0.464 e. The van der Waals surface area contributed by atoms with Crippen molar-refractivity contribution in [2.24, 2.45) is 0 Å². The normalized spacial score (nSPS) is 11.4. The van der Waals surface area contributed by atoms with Gasteiger partial charge in [-0.25, -0.2) is 14.6 Å². The quantitative estimate of drug-likeness (QED) is 0.672. The number of aryl methyl sites for hydroxylation is 1. The van der Waals surface area contributed by atoms with Gasteiger partial charge in [-0.05, 0) is 39.3 Å². The van der Waals surface area contributed by atoms with Gasteiger partial charge in [0, 0.05) is 13.1 Å². The molecular weight excluding hydrogens is 362 g/mol. The maximum atomic E-state index is 12.5. The van der Waals surface area contributed by atoms with Gasteiger partial charge in [-0.2, -0.15) is 0 Å². The Labute approximate surface area is 161 Å². The number of carbonyl (C=O) groups is 1. The Morgan fingerprint density at radius 1 is 1.46 bits per heavy atom. The van der Waals surface area contributed by atoms with E-state index in [1.807, 2.05) is 6.92 Å². The number of aromatic nitrogens is 3. The number of H-pyrrole nitrogens is 1. The second-order valence-electron chi connectivity index (χ2n) is 7.25. The van der Waals surface area contributed by atoms with Gasteiger partial charge in [-0.15, -0.1) is 0 Å². The van der Waals surface area contributed by atoms with Crippen molar-refractivity contribution in [2.45, 2.75) is 39.8 Å². The fraction of sp³-hybridized carbons (Fsp3) is 0.368. The third-order valence-corrected chi connectivity index (χ3v) is 4.01. The summed E-state index contributed by atoms with van der Waals surface area (Å²) >= 11 is 0. The van der Waals surface area contributed by atoms with Gasteiger partial charge in [0.25, 0.3) is 5.56 Å². The number of amides is 1. The van der Waals surface area contributed by atoms with Gasteiger partial charge in [0.1, 0.15) is 22.4 Å². The molecule has 0 fully saturated rings. The number of alkyl carbamates (subject to hydrolysis) is 1. The number of nitrogens with one attached hydrogen (secondary N) is 2. The molecule has 3 heterocycles. The smallest absolute Gasteiger partial charge is 0.407 e. The largest absolute Gasteiger partial charge is 0.464 e. The standard InChI is InChI=1S/C19H21N5O4/c1-11-6-9-27-16(11)14-12(20-5)13-15(17(25)23-10-22-13)24(14)8-7-21-18(26)28-19(2,3)4/h6,9-10H,7-8H2,1-4H3,(H,21,26)(H,22,23,25). The molecule has 0 bridgehead atoms. The summed E-state index contributed by atoms with van der Waals surface area (Å²) in [7, 11) is 0. The molecule has 3 rings (SSSR count). The van der Waals surface area contributed by atoms with Crippen LogP contribution in [0.4, 0.5) is 10.5 Å². The van der Waals surface area contributed by atoms with Crippen LogP contribution in [0.1, 0.15) is 26.3 Å². The van der Waals surface area contributed by atoms with Gasteiger partial charge in [0.05, 0.1) is 24.9 Å². The highest BCUT2D eigenvalue weighted by Crippen LogP contribution is 2.39. The lowest BCUT2D eigenvalue weighted by Gasteiger charge is -2.20. The zero-order chi connectivity index (χ0) is 20.5. The summed E-state index contributed by atoms with van der Waals surface area (Å²) in [4.78, 5) is 34.7. The number of carbonyl (C=O) groups excluding carboxylic acids is 1. The number of nitrogens with zero attached hydrogens (tertiary/aromatic N) is 3. The number of furan rings is 1. The van der Waals surface area contributed by atoms with E-state index < -0.39 is 11.7 Å². The van der Waals surface area contributed by atoms with E-state index in [1.165, 1.54) is 12.6 Å². The van der Waals surface area contributed by atoms with Crippen molar-refractivity contribution in [1.82, 2.24) is 19.9 Å². The number of hydrogen-bond donors (Lipinski definition) is 2. The van der Waals surface area contributed by atoms with Gasteiger partial charge < -0.3 is 24.0 Å². The molecule has 1 amide bonds. The summed E-state index contributed by atoms with van der Waals surface area (Å²) in [5.41, 5.74) is 1.08. The van der Waals surface area contributed by atoms with Crippen LogP contribution in [-0.2, 0) is 11.3 Å². The van der Waals surface area contributed by atoms with Crippen LogP contribution in [0.15, 0.2) is 27.9 Å². The third-order valence-electron chi connectivity index (χ3n) is 4.01. The van der Waals surface area contributed by atoms with Crippen LogP contribution in [0.2, 0.25) is 0 Å². The molecule has 0 saturated heterocycles. The van der Waals surface area contributed by atoms with Crippen molar-refractivity contribution < 1.29 is 13.9 Å². The Kier molecular flexibility index (Phi) is 4.96. The molecule has 0 atom stereocenters. The first-order valence-electron chi connectivity index (χ1n) is 8.71. The molecule has 9 heteroatoms. The zero-order valence-corrected chi connectivity index (χ0v) is 16.1. The first-order chi connectivity index (χ1) is 13.2. The average molecular weight is 383 g/mol. The lowest BCUT2D eigenvalue weighted by atomic mass is 10.2. The average Bonchev–Trinajstić information content (AvgIpc) is 3.14. The minimum absolute atomic E-state index is 0.192. The topological polar surface area (TPSA) is 107 Å². The number of rotatable bonds is 4. The molecule has 0 spiro atoms. The van der Waals surface area contributed by atoms with Crippen molar-refractivity contribution in [3.05, 3.63) is 46.0 Å². The Morgan fingerprint density at radius 2 is 2.21 bits per heavy atom. The van der Waals surface area contributed by atoms with Crippen molar-refractivity contribution in [1.29, 1.82) is 0 Å². The number of fused-ring (bicyclic) bond motifs is 1. The highest BCUT2D eigenvalue weighted by molar-refractivity contribution is 5.99. The van der Waals surface area contributed by atoms with Crippen molar-refractivity contribution in [3.63, 3.8) is 0 Å². The Morgan fingerprint density at radius 3 is 2.82 bits per heavy atom. The molecule has 0 unspecified atom stereocenters. The maximum Gasteiger partial charge on any atom is 0.407 e. The molecule has 0 saturated carbocycles. The lowest BCUT2D eigenvalue weighted by Crippen LogP contribution is -2.34. The van der Waals surface area contributed by atoms with E-state index >= 15 is 0 Å². The number of hydrogen-bond acceptors (Lipinski definition) is 5. The molecule has 0 aliphatic rings. The summed E-state index contributed by atoms with van der Waals surface area (Å²) < 4.78 is 12.5. The van der Waals surface area contributed by atoms with Gasteiger partial charge >= 0.3 is 6.09 Å². The molecule has 146 valence electrons. The Bertz CT molecular complexity index is 1120. The van der Waals surface area contributed by atoms with Crippen LogP contribution in [-0.4, -0.2) is 32.8 Å². The zero-order valence-electron chi connectivity index (χ0n) is 16.1. The van der Waals surface area contributed by atoms with E-state index in [0.717, 1.165) is 5.56 Å². The van der Waals surface area contributed by atoms with Gasteiger partial charge in [-0.1, -0.05) is 0 Å². The van der Waals surface area contributed by atoms with Crippen LogP contribution in [0.3, 0.4) is 0 Å². The predicted molar refractivity (Wildman–Crippen MR) is 103 cm³/mol. The molecule has 0 aromatic carbocycles. The van der Waals surface area contributed by atoms with Crippen LogP contribution in [0, 0.1) is 13.5 Å². The van der Waals surface area contributed by atoms with Crippen molar-refractivity contribution in [2.75, 3.05) is 6.54 Å². The first-order valence-corrected chi connectivity index (χ1v) is 8.71. The SMILES string of the molecule is [C-]#[N+]c1c(-c2occc2C)n(CCNC(=O)OC(C)(C)C)c2c(=O)[nH]cnc12. The highest BCUT2D eigenvalue weighted by Gasteiger charge is 2.25. The molecule has 28 heavy (non-hydrogen) atoms. The second kappa shape index (κ2) is 7.23. The Hall–Kier alpha value is -3.54. The van der Waals surface area contributed by atoms with Gasteiger partial charge in [-0.3, -0.25) is 4.79 Å². The van der Waals surface area contributed by atoms with Crippen LogP contribution in [0.5, 0.6) is 0 Å². The minimum atomic E-state index is -0.612. The molecule has 2 N–H and O–H groups in total. The highest BCUT2D eigenvalue weighted by atomic mass is 16.6. The van der Waals surface area contributed by atoms with Crippen LogP contribution in [0.25, 0.3) is 27.3 Å². The predicted octanol–water partition coefficient (Wildman–Crippen LogP) is 3.37. The summed E-state index contributed by atoms with van der Waals surface area (Å²) in [6.45, 7) is 15.2. The van der Waals surface area contributed by atoms with E-state index in [2.05, 4.69) is 20.1 Å². The fourth-order valence-corrected chi connectivity index (χ4v) is 2.93. The fourth-order valence-electron chi connectivity index (χ4n) is 2.93. The van der Waals surface area contributed by atoms with E-state index in [-0.39, 0.29) is 29.9 Å².